The van der Waals surface area contributed by atoms with E-state index in [9.17, 15) is 9.59 Å². The first-order valence-electron chi connectivity index (χ1n) is 8.08. The SMILES string of the molecule is COC(=O)c1ccc(OC(=O)Cc2c(C)nc3nc(SC)nn3c2C)cc1. The third-order valence-electron chi connectivity index (χ3n) is 4.04. The predicted octanol–water partition coefficient (Wildman–Crippen LogP) is 2.40. The Morgan fingerprint density at radius 3 is 2.48 bits per heavy atom. The lowest BCUT2D eigenvalue weighted by molar-refractivity contribution is -0.133. The van der Waals surface area contributed by atoms with E-state index in [1.165, 1.54) is 31.0 Å². The van der Waals surface area contributed by atoms with Crippen LogP contribution in [0.3, 0.4) is 0 Å². The fourth-order valence-electron chi connectivity index (χ4n) is 2.62. The highest BCUT2D eigenvalue weighted by Crippen LogP contribution is 2.19. The molecule has 1 aromatic carbocycles. The molecule has 0 fully saturated rings. The minimum atomic E-state index is -0.448. The summed E-state index contributed by atoms with van der Waals surface area (Å²) in [4.78, 5) is 32.6. The van der Waals surface area contributed by atoms with Crippen LogP contribution in [-0.4, -0.2) is 44.9 Å². The van der Waals surface area contributed by atoms with E-state index in [1.807, 2.05) is 20.1 Å². The third kappa shape index (κ3) is 3.92. The summed E-state index contributed by atoms with van der Waals surface area (Å²) in [5.41, 5.74) is 2.63. The number of hydrogen-bond donors (Lipinski definition) is 0. The van der Waals surface area contributed by atoms with Crippen molar-refractivity contribution in [1.29, 1.82) is 0 Å². The van der Waals surface area contributed by atoms with Crippen LogP contribution in [0.1, 0.15) is 27.3 Å². The molecule has 0 spiro atoms. The highest BCUT2D eigenvalue weighted by atomic mass is 32.2. The maximum absolute atomic E-state index is 12.4. The molecular weight excluding hydrogens is 368 g/mol. The number of aryl methyl sites for hydroxylation is 2. The number of ether oxygens (including phenoxy) is 2. The molecule has 0 saturated heterocycles. The number of benzene rings is 1. The molecule has 2 aromatic heterocycles. The number of hydrogen-bond acceptors (Lipinski definition) is 8. The molecule has 8 nitrogen and oxygen atoms in total. The summed E-state index contributed by atoms with van der Waals surface area (Å²) in [7, 11) is 1.31. The zero-order valence-electron chi connectivity index (χ0n) is 15.3. The minimum Gasteiger partial charge on any atom is -0.465 e. The Kier molecular flexibility index (Phi) is 5.41. The molecule has 0 unspecified atom stereocenters. The fourth-order valence-corrected chi connectivity index (χ4v) is 2.96. The molecule has 0 saturated carbocycles. The van der Waals surface area contributed by atoms with Crippen LogP contribution in [0.2, 0.25) is 0 Å². The van der Waals surface area contributed by atoms with Crippen LogP contribution in [0.15, 0.2) is 29.4 Å². The second-order valence-corrected chi connectivity index (χ2v) is 6.51. The van der Waals surface area contributed by atoms with Crippen LogP contribution in [0, 0.1) is 13.8 Å². The molecule has 0 N–H and O–H groups in total. The van der Waals surface area contributed by atoms with E-state index in [-0.39, 0.29) is 6.42 Å². The first kappa shape index (κ1) is 18.8. The van der Waals surface area contributed by atoms with E-state index in [4.69, 9.17) is 4.74 Å². The van der Waals surface area contributed by atoms with Crippen LogP contribution in [0.4, 0.5) is 0 Å². The van der Waals surface area contributed by atoms with Gasteiger partial charge in [0, 0.05) is 17.0 Å². The topological polar surface area (TPSA) is 95.7 Å². The molecule has 0 aliphatic heterocycles. The van der Waals surface area contributed by atoms with Gasteiger partial charge in [-0.3, -0.25) is 4.79 Å². The highest BCUT2D eigenvalue weighted by Gasteiger charge is 2.17. The second kappa shape index (κ2) is 7.75. The van der Waals surface area contributed by atoms with Gasteiger partial charge in [-0.15, -0.1) is 5.10 Å². The van der Waals surface area contributed by atoms with Gasteiger partial charge < -0.3 is 9.47 Å². The number of aromatic nitrogens is 4. The highest BCUT2D eigenvalue weighted by molar-refractivity contribution is 7.98. The first-order chi connectivity index (χ1) is 12.9. The molecule has 27 heavy (non-hydrogen) atoms. The van der Waals surface area contributed by atoms with Gasteiger partial charge in [-0.25, -0.2) is 14.3 Å². The molecule has 0 aliphatic carbocycles. The Morgan fingerprint density at radius 1 is 1.15 bits per heavy atom. The Morgan fingerprint density at radius 2 is 1.85 bits per heavy atom. The first-order valence-corrected chi connectivity index (χ1v) is 9.31. The molecule has 3 aromatic rings. The Balaban J connectivity index is 1.78. The summed E-state index contributed by atoms with van der Waals surface area (Å²) in [5.74, 6) is -0.0263. The minimum absolute atomic E-state index is 0.0494. The molecule has 0 bridgehead atoms. The summed E-state index contributed by atoms with van der Waals surface area (Å²) in [6.07, 6.45) is 1.94. The normalized spacial score (nSPS) is 10.8. The number of nitrogens with zero attached hydrogens (tertiary/aromatic N) is 4. The van der Waals surface area contributed by atoms with Gasteiger partial charge in [0.25, 0.3) is 5.78 Å². The number of methoxy groups -OCH3 is 1. The van der Waals surface area contributed by atoms with Gasteiger partial charge in [0.15, 0.2) is 0 Å². The van der Waals surface area contributed by atoms with E-state index in [0.29, 0.717) is 27.9 Å². The van der Waals surface area contributed by atoms with Crippen molar-refractivity contribution in [3.63, 3.8) is 0 Å². The maximum atomic E-state index is 12.4. The number of carbonyl (C=O) groups excluding carboxylic acids is 2. The molecule has 140 valence electrons. The molecule has 0 amide bonds. The Labute approximate surface area is 159 Å². The van der Waals surface area contributed by atoms with Crippen LogP contribution >= 0.6 is 11.8 Å². The summed E-state index contributed by atoms with van der Waals surface area (Å²) in [6, 6.07) is 6.18. The van der Waals surface area contributed by atoms with Crippen LogP contribution < -0.4 is 4.74 Å². The molecule has 0 atom stereocenters. The van der Waals surface area contributed by atoms with E-state index in [1.54, 1.807) is 16.6 Å². The molecule has 3 rings (SSSR count). The number of esters is 2. The van der Waals surface area contributed by atoms with E-state index < -0.39 is 11.9 Å². The standard InChI is InChI=1S/C18H18N4O4S/c1-10-14(11(2)22-17(19-10)20-18(21-22)27-4)9-15(23)26-13-7-5-12(6-8-13)16(24)25-3/h5-8H,9H2,1-4H3. The van der Waals surface area contributed by atoms with Gasteiger partial charge >= 0.3 is 11.9 Å². The monoisotopic (exact) mass is 386 g/mol. The average Bonchev–Trinajstić information content (AvgIpc) is 3.08. The summed E-state index contributed by atoms with van der Waals surface area (Å²) >= 11 is 1.43. The van der Waals surface area contributed by atoms with Gasteiger partial charge in [0.2, 0.25) is 5.16 Å². The molecule has 0 aliphatic rings. The van der Waals surface area contributed by atoms with E-state index >= 15 is 0 Å². The van der Waals surface area contributed by atoms with Gasteiger partial charge in [-0.1, -0.05) is 11.8 Å². The zero-order valence-corrected chi connectivity index (χ0v) is 16.2. The summed E-state index contributed by atoms with van der Waals surface area (Å²) in [5, 5.41) is 4.99. The van der Waals surface area contributed by atoms with Crippen molar-refractivity contribution in [3.05, 3.63) is 46.8 Å². The Bertz CT molecular complexity index is 1010. The average molecular weight is 386 g/mol. The summed E-state index contributed by atoms with van der Waals surface area (Å²) in [6.45, 7) is 3.70. The van der Waals surface area contributed by atoms with Crippen LogP contribution in [0.5, 0.6) is 5.75 Å². The quantitative estimate of drug-likeness (QED) is 0.375. The van der Waals surface area contributed by atoms with Crippen LogP contribution in [0.25, 0.3) is 5.78 Å². The Hall–Kier alpha value is -2.94. The van der Waals surface area contributed by atoms with Gasteiger partial charge in [-0.2, -0.15) is 4.98 Å². The molecular formula is C18H18N4O4S. The van der Waals surface area contributed by atoms with Gasteiger partial charge in [-0.05, 0) is 44.4 Å². The van der Waals surface area contributed by atoms with Crippen molar-refractivity contribution in [2.45, 2.75) is 25.4 Å². The van der Waals surface area contributed by atoms with Crippen molar-refractivity contribution in [2.75, 3.05) is 13.4 Å². The number of rotatable bonds is 5. The van der Waals surface area contributed by atoms with Gasteiger partial charge in [0.05, 0.1) is 19.1 Å². The van der Waals surface area contributed by atoms with Crippen molar-refractivity contribution in [3.8, 4) is 5.75 Å². The smallest absolute Gasteiger partial charge is 0.337 e. The third-order valence-corrected chi connectivity index (χ3v) is 4.58. The molecule has 0 radical (unpaired) electrons. The lowest BCUT2D eigenvalue weighted by atomic mass is 10.1. The number of fused-ring (bicyclic) bond motifs is 1. The number of carbonyl (C=O) groups is 2. The number of thioether (sulfide) groups is 1. The predicted molar refractivity (Wildman–Crippen MR) is 99.2 cm³/mol. The van der Waals surface area contributed by atoms with Crippen molar-refractivity contribution < 1.29 is 19.1 Å². The second-order valence-electron chi connectivity index (χ2n) is 5.74. The molecule has 2 heterocycles. The molecule has 9 heteroatoms. The van der Waals surface area contributed by atoms with Crippen LogP contribution in [-0.2, 0) is 16.0 Å². The van der Waals surface area contributed by atoms with E-state index in [0.717, 1.165) is 11.3 Å². The summed E-state index contributed by atoms with van der Waals surface area (Å²) < 4.78 is 11.6. The van der Waals surface area contributed by atoms with Crippen molar-refractivity contribution >= 4 is 29.5 Å². The van der Waals surface area contributed by atoms with Crippen molar-refractivity contribution in [1.82, 2.24) is 19.6 Å². The zero-order chi connectivity index (χ0) is 19.6. The lowest BCUT2D eigenvalue weighted by Crippen LogP contribution is -2.15. The van der Waals surface area contributed by atoms with Crippen molar-refractivity contribution in [2.24, 2.45) is 0 Å². The maximum Gasteiger partial charge on any atom is 0.337 e. The fraction of sp³-hybridized carbons (Fsp3) is 0.278. The van der Waals surface area contributed by atoms with E-state index in [2.05, 4.69) is 19.8 Å². The van der Waals surface area contributed by atoms with Gasteiger partial charge in [0.1, 0.15) is 5.75 Å². The largest absolute Gasteiger partial charge is 0.465 e. The lowest BCUT2D eigenvalue weighted by Gasteiger charge is -2.10.